The smallest absolute Gasteiger partial charge is 0.159 e. The van der Waals surface area contributed by atoms with Crippen LogP contribution in [0.3, 0.4) is 0 Å². The lowest BCUT2D eigenvalue weighted by molar-refractivity contribution is 1.16. The average molecular weight is 529 g/mol. The summed E-state index contributed by atoms with van der Waals surface area (Å²) in [6.45, 7) is 4.27. The number of fused-ring (bicyclic) bond motifs is 3. The van der Waals surface area contributed by atoms with Crippen LogP contribution in [-0.2, 0) is 0 Å². The van der Waals surface area contributed by atoms with Crippen LogP contribution in [0.5, 0.6) is 0 Å². The molecule has 0 bridgehead atoms. The first-order valence-corrected chi connectivity index (χ1v) is 13.8. The summed E-state index contributed by atoms with van der Waals surface area (Å²) in [7, 11) is 0. The molecule has 196 valence electrons. The zero-order valence-electron chi connectivity index (χ0n) is 23.0. The summed E-state index contributed by atoms with van der Waals surface area (Å²) in [5, 5.41) is 10.5. The van der Waals surface area contributed by atoms with E-state index in [0.29, 0.717) is 0 Å². The number of benzene rings is 5. The summed E-state index contributed by atoms with van der Waals surface area (Å²) in [6.07, 6.45) is 5.00. The molecule has 2 aromatic heterocycles. The van der Waals surface area contributed by atoms with Crippen molar-refractivity contribution in [3.8, 4) is 39.3 Å². The lowest BCUT2D eigenvalue weighted by Crippen LogP contribution is -2.00. The summed E-state index contributed by atoms with van der Waals surface area (Å²) < 4.78 is 2.36. The minimum Gasteiger partial charge on any atom is -0.309 e. The molecule has 7 aromatic rings. The van der Waals surface area contributed by atoms with Crippen molar-refractivity contribution in [1.29, 1.82) is 5.41 Å². The van der Waals surface area contributed by atoms with Crippen LogP contribution in [-0.4, -0.2) is 20.7 Å². The standard InChI is InChI=1S/C37H28N4/c1-24-20-31(25(2)32(21-24)37-39-18-9-19-40-37)27-10-3-4-11-28(27)33-22-26(23-38)16-17-36(33)41-34-14-7-5-12-29(34)30-13-6-8-15-35(30)41/h3-23,38H,1-2H3. The average Bonchev–Trinajstić information content (AvgIpc) is 3.36. The van der Waals surface area contributed by atoms with Crippen molar-refractivity contribution in [2.75, 3.05) is 0 Å². The molecule has 0 aliphatic carbocycles. The van der Waals surface area contributed by atoms with Crippen LogP contribution in [0, 0.1) is 19.3 Å². The Morgan fingerprint density at radius 1 is 0.585 bits per heavy atom. The number of rotatable bonds is 5. The van der Waals surface area contributed by atoms with Crippen LogP contribution in [0.15, 0.2) is 122 Å². The molecule has 0 aliphatic heterocycles. The molecule has 0 fully saturated rings. The number of aryl methyl sites for hydroxylation is 1. The summed E-state index contributed by atoms with van der Waals surface area (Å²) in [5.74, 6) is 0.726. The number of aromatic nitrogens is 3. The lowest BCUT2D eigenvalue weighted by atomic mass is 9.88. The Morgan fingerprint density at radius 3 is 1.83 bits per heavy atom. The molecule has 1 N–H and O–H groups in total. The van der Waals surface area contributed by atoms with Crippen LogP contribution in [0.25, 0.3) is 61.1 Å². The molecule has 0 saturated heterocycles. The molecule has 5 aromatic carbocycles. The number of nitrogens with zero attached hydrogens (tertiary/aromatic N) is 3. The van der Waals surface area contributed by atoms with Crippen LogP contribution >= 0.6 is 0 Å². The van der Waals surface area contributed by atoms with Gasteiger partial charge in [0.05, 0.1) is 16.7 Å². The highest BCUT2D eigenvalue weighted by Crippen LogP contribution is 2.42. The number of hydrogen-bond acceptors (Lipinski definition) is 3. The molecule has 0 spiro atoms. The molecule has 0 atom stereocenters. The van der Waals surface area contributed by atoms with Gasteiger partial charge in [-0.05, 0) is 83.6 Å². The SMILES string of the molecule is Cc1cc(-c2ncccn2)c(C)c(-c2ccccc2-c2cc(C=N)ccc2-n2c3ccccc3c3ccccc32)c1. The summed E-state index contributed by atoms with van der Waals surface area (Å²) in [6, 6.07) is 38.3. The van der Waals surface area contributed by atoms with Gasteiger partial charge in [-0.15, -0.1) is 0 Å². The van der Waals surface area contributed by atoms with Gasteiger partial charge < -0.3 is 9.98 Å². The van der Waals surface area contributed by atoms with Crippen molar-refractivity contribution in [2.24, 2.45) is 0 Å². The van der Waals surface area contributed by atoms with E-state index in [2.05, 4.69) is 125 Å². The van der Waals surface area contributed by atoms with Crippen molar-refractivity contribution >= 4 is 28.0 Å². The van der Waals surface area contributed by atoms with Crippen molar-refractivity contribution < 1.29 is 0 Å². The molecule has 0 radical (unpaired) electrons. The van der Waals surface area contributed by atoms with Gasteiger partial charge >= 0.3 is 0 Å². The maximum atomic E-state index is 8.07. The van der Waals surface area contributed by atoms with Gasteiger partial charge in [-0.2, -0.15) is 0 Å². The van der Waals surface area contributed by atoms with E-state index in [1.165, 1.54) is 17.0 Å². The zero-order chi connectivity index (χ0) is 27.9. The fraction of sp³-hybridized carbons (Fsp3) is 0.0541. The van der Waals surface area contributed by atoms with E-state index >= 15 is 0 Å². The third-order valence-electron chi connectivity index (χ3n) is 7.87. The fourth-order valence-corrected chi connectivity index (χ4v) is 6.00. The zero-order valence-corrected chi connectivity index (χ0v) is 23.0. The highest BCUT2D eigenvalue weighted by Gasteiger charge is 2.19. The Hall–Kier alpha value is -5.35. The molecule has 0 aliphatic rings. The predicted molar refractivity (Wildman–Crippen MR) is 170 cm³/mol. The van der Waals surface area contributed by atoms with E-state index in [-0.39, 0.29) is 0 Å². The van der Waals surface area contributed by atoms with Gasteiger partial charge in [0, 0.05) is 40.5 Å². The third kappa shape index (κ3) is 4.12. The third-order valence-corrected chi connectivity index (χ3v) is 7.87. The summed E-state index contributed by atoms with van der Waals surface area (Å²) in [5.41, 5.74) is 12.0. The maximum absolute atomic E-state index is 8.07. The molecule has 7 rings (SSSR count). The first-order chi connectivity index (χ1) is 20.1. The maximum Gasteiger partial charge on any atom is 0.159 e. The van der Waals surface area contributed by atoms with E-state index in [0.717, 1.165) is 67.1 Å². The highest BCUT2D eigenvalue weighted by atomic mass is 15.0. The normalized spacial score (nSPS) is 11.3. The topological polar surface area (TPSA) is 54.6 Å². The van der Waals surface area contributed by atoms with Gasteiger partial charge in [-0.3, -0.25) is 0 Å². The van der Waals surface area contributed by atoms with Gasteiger partial charge in [-0.1, -0.05) is 72.8 Å². The fourth-order valence-electron chi connectivity index (χ4n) is 6.00. The molecule has 4 nitrogen and oxygen atoms in total. The molecular formula is C37H28N4. The largest absolute Gasteiger partial charge is 0.309 e. The Bertz CT molecular complexity index is 2030. The van der Waals surface area contributed by atoms with E-state index < -0.39 is 0 Å². The monoisotopic (exact) mass is 528 g/mol. The predicted octanol–water partition coefficient (Wildman–Crippen LogP) is 9.19. The molecule has 0 unspecified atom stereocenters. The Balaban J connectivity index is 1.53. The quantitative estimate of drug-likeness (QED) is 0.226. The molecular weight excluding hydrogens is 500 g/mol. The first kappa shape index (κ1) is 24.7. The van der Waals surface area contributed by atoms with E-state index in [1.54, 1.807) is 12.4 Å². The van der Waals surface area contributed by atoms with Gasteiger partial charge in [-0.25, -0.2) is 9.97 Å². The van der Waals surface area contributed by atoms with E-state index in [1.807, 2.05) is 12.1 Å². The van der Waals surface area contributed by atoms with Crippen molar-refractivity contribution in [1.82, 2.24) is 14.5 Å². The highest BCUT2D eigenvalue weighted by molar-refractivity contribution is 6.10. The Morgan fingerprint density at radius 2 is 1.17 bits per heavy atom. The molecule has 41 heavy (non-hydrogen) atoms. The minimum absolute atomic E-state index is 0.726. The number of para-hydroxylation sites is 2. The van der Waals surface area contributed by atoms with Gasteiger partial charge in [0.25, 0.3) is 0 Å². The second-order valence-electron chi connectivity index (χ2n) is 10.4. The number of hydrogen-bond donors (Lipinski definition) is 1. The van der Waals surface area contributed by atoms with Crippen molar-refractivity contribution in [2.45, 2.75) is 13.8 Å². The van der Waals surface area contributed by atoms with Crippen LogP contribution in [0.4, 0.5) is 0 Å². The minimum atomic E-state index is 0.726. The molecule has 4 heteroatoms. The molecule has 0 amide bonds. The second-order valence-corrected chi connectivity index (χ2v) is 10.4. The molecule has 0 saturated carbocycles. The van der Waals surface area contributed by atoms with Crippen LogP contribution in [0.2, 0.25) is 0 Å². The Kier molecular flexibility index (Phi) is 6.02. The van der Waals surface area contributed by atoms with Crippen molar-refractivity contribution in [3.63, 3.8) is 0 Å². The Labute approximate surface area is 239 Å². The summed E-state index contributed by atoms with van der Waals surface area (Å²) >= 11 is 0. The lowest BCUT2D eigenvalue weighted by Gasteiger charge is -2.19. The van der Waals surface area contributed by atoms with Crippen LogP contribution < -0.4 is 0 Å². The van der Waals surface area contributed by atoms with Crippen LogP contribution in [0.1, 0.15) is 16.7 Å². The summed E-state index contributed by atoms with van der Waals surface area (Å²) in [4.78, 5) is 9.11. The van der Waals surface area contributed by atoms with Gasteiger partial charge in [0.2, 0.25) is 0 Å². The van der Waals surface area contributed by atoms with Gasteiger partial charge in [0.15, 0.2) is 5.82 Å². The van der Waals surface area contributed by atoms with E-state index in [9.17, 15) is 0 Å². The van der Waals surface area contributed by atoms with Crippen molar-refractivity contribution in [3.05, 3.63) is 138 Å². The van der Waals surface area contributed by atoms with Gasteiger partial charge in [0.1, 0.15) is 0 Å². The van der Waals surface area contributed by atoms with E-state index in [4.69, 9.17) is 5.41 Å². The first-order valence-electron chi connectivity index (χ1n) is 13.8. The molecule has 2 heterocycles. The second kappa shape index (κ2) is 10.00. The number of nitrogens with one attached hydrogen (secondary N) is 1.